The molecular weight excluding hydrogens is 280 g/mol. The number of thiophene rings is 1. The van der Waals surface area contributed by atoms with Crippen molar-refractivity contribution >= 4 is 33.3 Å². The van der Waals surface area contributed by atoms with E-state index in [1.807, 2.05) is 0 Å². The zero-order valence-corrected chi connectivity index (χ0v) is 13.9. The highest BCUT2D eigenvalue weighted by atomic mass is 32.1. The minimum Gasteiger partial charge on any atom is -0.366 e. The standard InChI is InChI=1S/C16H24N4S/c1-4-8-17-16-19-14(18-13-7-5-6-10(13)2)12-9-11(3)21-15(12)20-16/h9-10,13H,4-8H2,1-3H3,(H2,17,18,19,20). The van der Waals surface area contributed by atoms with Crippen molar-refractivity contribution < 1.29 is 0 Å². The Balaban J connectivity index is 1.93. The van der Waals surface area contributed by atoms with Crippen LogP contribution in [0.1, 0.15) is 44.4 Å². The van der Waals surface area contributed by atoms with Crippen molar-refractivity contribution in [1.82, 2.24) is 9.97 Å². The smallest absolute Gasteiger partial charge is 0.226 e. The highest BCUT2D eigenvalue weighted by Gasteiger charge is 2.24. The Morgan fingerprint density at radius 3 is 2.90 bits per heavy atom. The van der Waals surface area contributed by atoms with Gasteiger partial charge in [0.2, 0.25) is 5.95 Å². The summed E-state index contributed by atoms with van der Waals surface area (Å²) in [5.74, 6) is 2.47. The fraction of sp³-hybridized carbons (Fsp3) is 0.625. The average Bonchev–Trinajstić information content (AvgIpc) is 3.02. The summed E-state index contributed by atoms with van der Waals surface area (Å²) in [4.78, 5) is 11.7. The van der Waals surface area contributed by atoms with Gasteiger partial charge in [-0.2, -0.15) is 4.98 Å². The SMILES string of the molecule is CCCNc1nc(NC2CCCC2C)c2cc(C)sc2n1. The molecule has 0 aliphatic heterocycles. The molecule has 2 atom stereocenters. The summed E-state index contributed by atoms with van der Waals surface area (Å²) >= 11 is 1.74. The number of aryl methyl sites for hydroxylation is 1. The molecular formula is C16H24N4S. The summed E-state index contributed by atoms with van der Waals surface area (Å²) in [5.41, 5.74) is 0. The number of hydrogen-bond donors (Lipinski definition) is 2. The van der Waals surface area contributed by atoms with E-state index < -0.39 is 0 Å². The van der Waals surface area contributed by atoms with Crippen molar-refractivity contribution in [3.8, 4) is 0 Å². The van der Waals surface area contributed by atoms with Gasteiger partial charge in [0, 0.05) is 17.5 Å². The summed E-state index contributed by atoms with van der Waals surface area (Å²) in [5, 5.41) is 8.16. The van der Waals surface area contributed by atoms with Crippen molar-refractivity contribution in [2.24, 2.45) is 5.92 Å². The predicted octanol–water partition coefficient (Wildman–Crippen LogP) is 4.42. The van der Waals surface area contributed by atoms with Gasteiger partial charge in [0.15, 0.2) is 0 Å². The minimum atomic E-state index is 0.544. The first-order chi connectivity index (χ1) is 10.2. The molecule has 0 spiro atoms. The first-order valence-corrected chi connectivity index (χ1v) is 8.77. The number of anilines is 2. The van der Waals surface area contributed by atoms with Gasteiger partial charge in [0.25, 0.3) is 0 Å². The molecule has 2 N–H and O–H groups in total. The van der Waals surface area contributed by atoms with Gasteiger partial charge >= 0.3 is 0 Å². The van der Waals surface area contributed by atoms with Crippen LogP contribution in [0, 0.1) is 12.8 Å². The van der Waals surface area contributed by atoms with E-state index in [1.54, 1.807) is 11.3 Å². The van der Waals surface area contributed by atoms with Crippen LogP contribution >= 0.6 is 11.3 Å². The molecule has 1 saturated carbocycles. The van der Waals surface area contributed by atoms with Crippen LogP contribution in [0.5, 0.6) is 0 Å². The molecule has 1 aliphatic carbocycles. The van der Waals surface area contributed by atoms with Crippen LogP contribution in [0.3, 0.4) is 0 Å². The molecule has 3 rings (SSSR count). The maximum absolute atomic E-state index is 4.72. The number of nitrogens with zero attached hydrogens (tertiary/aromatic N) is 2. The largest absolute Gasteiger partial charge is 0.366 e. The highest BCUT2D eigenvalue weighted by Crippen LogP contribution is 2.33. The lowest BCUT2D eigenvalue weighted by atomic mass is 10.1. The fourth-order valence-corrected chi connectivity index (χ4v) is 3.88. The Hall–Kier alpha value is -1.36. The first-order valence-electron chi connectivity index (χ1n) is 7.96. The van der Waals surface area contributed by atoms with Crippen molar-refractivity contribution in [3.05, 3.63) is 10.9 Å². The molecule has 4 nitrogen and oxygen atoms in total. The van der Waals surface area contributed by atoms with Gasteiger partial charge in [0.1, 0.15) is 10.6 Å². The molecule has 2 unspecified atom stereocenters. The topological polar surface area (TPSA) is 49.8 Å². The van der Waals surface area contributed by atoms with E-state index in [-0.39, 0.29) is 0 Å². The molecule has 0 amide bonds. The van der Waals surface area contributed by atoms with E-state index >= 15 is 0 Å². The van der Waals surface area contributed by atoms with Crippen LogP contribution < -0.4 is 10.6 Å². The van der Waals surface area contributed by atoms with Crippen LogP contribution in [0.15, 0.2) is 6.07 Å². The second-order valence-corrected chi connectivity index (χ2v) is 7.29. The number of aromatic nitrogens is 2. The second kappa shape index (κ2) is 6.18. The predicted molar refractivity (Wildman–Crippen MR) is 91.4 cm³/mol. The van der Waals surface area contributed by atoms with Crippen LogP contribution in [0.4, 0.5) is 11.8 Å². The lowest BCUT2D eigenvalue weighted by Crippen LogP contribution is -2.23. The molecule has 0 bridgehead atoms. The van der Waals surface area contributed by atoms with E-state index in [4.69, 9.17) is 4.98 Å². The Morgan fingerprint density at radius 1 is 1.33 bits per heavy atom. The number of nitrogens with one attached hydrogen (secondary N) is 2. The lowest BCUT2D eigenvalue weighted by molar-refractivity contribution is 0.555. The van der Waals surface area contributed by atoms with Gasteiger partial charge in [-0.15, -0.1) is 11.3 Å². The molecule has 114 valence electrons. The maximum atomic E-state index is 4.72. The number of rotatable bonds is 5. The third-order valence-electron chi connectivity index (χ3n) is 4.23. The molecule has 2 heterocycles. The first kappa shape index (κ1) is 14.6. The van der Waals surface area contributed by atoms with Crippen molar-refractivity contribution in [3.63, 3.8) is 0 Å². The van der Waals surface area contributed by atoms with E-state index in [2.05, 4.69) is 42.5 Å². The molecule has 0 saturated heterocycles. The molecule has 0 radical (unpaired) electrons. The van der Waals surface area contributed by atoms with Gasteiger partial charge in [0.05, 0.1) is 5.39 Å². The second-order valence-electron chi connectivity index (χ2n) is 6.06. The van der Waals surface area contributed by atoms with Crippen molar-refractivity contribution in [2.45, 2.75) is 52.5 Å². The van der Waals surface area contributed by atoms with Crippen LogP contribution in [-0.2, 0) is 0 Å². The van der Waals surface area contributed by atoms with Crippen molar-refractivity contribution in [2.75, 3.05) is 17.2 Å². The van der Waals surface area contributed by atoms with E-state index in [1.165, 1.54) is 29.5 Å². The Kier molecular flexibility index (Phi) is 4.29. The third-order valence-corrected chi connectivity index (χ3v) is 5.18. The maximum Gasteiger partial charge on any atom is 0.226 e. The zero-order chi connectivity index (χ0) is 14.8. The third kappa shape index (κ3) is 3.12. The summed E-state index contributed by atoms with van der Waals surface area (Å²) in [6.45, 7) is 7.53. The van der Waals surface area contributed by atoms with E-state index in [0.29, 0.717) is 6.04 Å². The molecule has 1 aliphatic rings. The average molecular weight is 304 g/mol. The van der Waals surface area contributed by atoms with Crippen LogP contribution in [-0.4, -0.2) is 22.6 Å². The zero-order valence-electron chi connectivity index (χ0n) is 13.1. The molecule has 0 aromatic carbocycles. The molecule has 1 fully saturated rings. The fourth-order valence-electron chi connectivity index (χ4n) is 3.00. The summed E-state index contributed by atoms with van der Waals surface area (Å²) in [6.07, 6.45) is 4.95. The normalized spacial score (nSPS) is 21.9. The Morgan fingerprint density at radius 2 is 2.19 bits per heavy atom. The van der Waals surface area contributed by atoms with Gasteiger partial charge in [-0.3, -0.25) is 0 Å². The summed E-state index contributed by atoms with van der Waals surface area (Å²) in [7, 11) is 0. The number of hydrogen-bond acceptors (Lipinski definition) is 5. The Labute approximate surface area is 130 Å². The molecule has 5 heteroatoms. The monoisotopic (exact) mass is 304 g/mol. The minimum absolute atomic E-state index is 0.544. The van der Waals surface area contributed by atoms with E-state index in [0.717, 1.165) is 35.5 Å². The van der Waals surface area contributed by atoms with Crippen LogP contribution in [0.25, 0.3) is 10.2 Å². The quantitative estimate of drug-likeness (QED) is 0.858. The van der Waals surface area contributed by atoms with Crippen molar-refractivity contribution in [1.29, 1.82) is 0 Å². The molecule has 2 aromatic rings. The van der Waals surface area contributed by atoms with Crippen LogP contribution in [0.2, 0.25) is 0 Å². The van der Waals surface area contributed by atoms with Gasteiger partial charge in [-0.1, -0.05) is 20.3 Å². The lowest BCUT2D eigenvalue weighted by Gasteiger charge is -2.19. The molecule has 2 aromatic heterocycles. The molecule has 21 heavy (non-hydrogen) atoms. The van der Waals surface area contributed by atoms with Gasteiger partial charge in [-0.05, 0) is 38.2 Å². The summed E-state index contributed by atoms with van der Waals surface area (Å²) < 4.78 is 0. The van der Waals surface area contributed by atoms with Gasteiger partial charge in [-0.25, -0.2) is 4.98 Å². The number of fused-ring (bicyclic) bond motifs is 1. The van der Waals surface area contributed by atoms with E-state index in [9.17, 15) is 0 Å². The highest BCUT2D eigenvalue weighted by molar-refractivity contribution is 7.18. The van der Waals surface area contributed by atoms with Gasteiger partial charge < -0.3 is 10.6 Å². The summed E-state index contributed by atoms with van der Waals surface area (Å²) in [6, 6.07) is 2.74. The Bertz CT molecular complexity index is 622.